The minimum absolute atomic E-state index is 0. The number of aryl methyl sites for hydroxylation is 1. The van der Waals surface area contributed by atoms with Crippen molar-refractivity contribution in [3.8, 4) is 11.3 Å². The smallest absolute Gasteiger partial charge is 0.752 e. The third-order valence-corrected chi connectivity index (χ3v) is 3.68. The molecule has 2 aromatic heterocycles. The van der Waals surface area contributed by atoms with E-state index in [2.05, 4.69) is 15.0 Å². The van der Waals surface area contributed by atoms with Crippen LogP contribution in [-0.4, -0.2) is 15.0 Å². The molecule has 1 aromatic carbocycles. The largest absolute Gasteiger partial charge is 1.00 e. The first-order valence-electron chi connectivity index (χ1n) is 6.73. The maximum Gasteiger partial charge on any atom is 1.00 e. The van der Waals surface area contributed by atoms with E-state index in [1.807, 2.05) is 6.92 Å². The van der Waals surface area contributed by atoms with Gasteiger partial charge in [-0.15, -0.1) is 0 Å². The first-order valence-corrected chi connectivity index (χ1v) is 7.48. The van der Waals surface area contributed by atoms with E-state index in [1.54, 1.807) is 42.6 Å². The van der Waals surface area contributed by atoms with Crippen molar-refractivity contribution < 1.29 is 29.6 Å². The Labute approximate surface area is 171 Å². The molecule has 2 heterocycles. The Morgan fingerprint density at radius 1 is 1.00 bits per heavy atom. The predicted octanol–water partition coefficient (Wildman–Crippen LogP) is 1.79. The molecule has 5 nitrogen and oxygen atoms in total. The van der Waals surface area contributed by atoms with Crippen molar-refractivity contribution in [1.82, 2.24) is 15.0 Å². The van der Waals surface area contributed by atoms with Gasteiger partial charge in [-0.3, -0.25) is 0 Å². The van der Waals surface area contributed by atoms with Crippen molar-refractivity contribution in [2.75, 3.05) is 5.06 Å². The Bertz CT molecular complexity index is 863. The predicted molar refractivity (Wildman–Crippen MR) is 92.0 cm³/mol. The van der Waals surface area contributed by atoms with Crippen LogP contribution in [0.1, 0.15) is 5.56 Å². The maximum atomic E-state index is 12.6. The van der Waals surface area contributed by atoms with Gasteiger partial charge in [0, 0.05) is 28.7 Å². The Kier molecular flexibility index (Phi) is 6.57. The summed E-state index contributed by atoms with van der Waals surface area (Å²) in [6.45, 7) is 1.82. The third-order valence-electron chi connectivity index (χ3n) is 3.24. The van der Waals surface area contributed by atoms with Crippen LogP contribution in [0, 0.1) is 12.1 Å². The van der Waals surface area contributed by atoms with E-state index >= 15 is 0 Å². The Hall–Kier alpha value is -1.21. The molecule has 0 aliphatic carbocycles. The van der Waals surface area contributed by atoms with Crippen LogP contribution in [0.25, 0.3) is 11.3 Å². The summed E-state index contributed by atoms with van der Waals surface area (Å²) < 4.78 is 0. The molecule has 0 saturated heterocycles. The van der Waals surface area contributed by atoms with E-state index < -0.39 is 0 Å². The summed E-state index contributed by atoms with van der Waals surface area (Å²) in [5.74, 6) is 0.0285. The van der Waals surface area contributed by atoms with Gasteiger partial charge >= 0.3 is 29.6 Å². The molecule has 0 bridgehead atoms. The average molecular weight is 369 g/mol. The second-order valence-corrected chi connectivity index (χ2v) is 5.66. The molecule has 0 aliphatic rings. The third kappa shape index (κ3) is 4.25. The number of aromatic nitrogens is 3. The quantitative estimate of drug-likeness (QED) is 0.400. The van der Waals surface area contributed by atoms with E-state index in [0.717, 1.165) is 11.1 Å². The zero-order chi connectivity index (χ0) is 16.4. The van der Waals surface area contributed by atoms with Crippen molar-refractivity contribution >= 4 is 34.8 Å². The number of rotatable bonds is 3. The molecule has 116 valence electrons. The molecule has 0 fully saturated rings. The molecule has 24 heavy (non-hydrogen) atoms. The van der Waals surface area contributed by atoms with Crippen molar-refractivity contribution in [3.63, 3.8) is 0 Å². The molecule has 0 amide bonds. The monoisotopic (exact) mass is 368 g/mol. The number of pyridine rings is 1. The molecule has 3 aromatic rings. The number of nitrogens with zero attached hydrogens (tertiary/aromatic N) is 4. The van der Waals surface area contributed by atoms with E-state index in [0.29, 0.717) is 26.6 Å². The summed E-state index contributed by atoms with van der Waals surface area (Å²) in [7, 11) is 0. The zero-order valence-electron chi connectivity index (χ0n) is 13.1. The summed E-state index contributed by atoms with van der Waals surface area (Å²) in [5.41, 5.74) is 2.53. The van der Waals surface area contributed by atoms with Crippen LogP contribution in [0.2, 0.25) is 10.2 Å². The Morgan fingerprint density at radius 3 is 2.50 bits per heavy atom. The van der Waals surface area contributed by atoms with Gasteiger partial charge in [-0.05, 0) is 42.8 Å². The van der Waals surface area contributed by atoms with Gasteiger partial charge < -0.3 is 10.3 Å². The molecule has 0 radical (unpaired) electrons. The maximum absolute atomic E-state index is 12.6. The molecule has 0 atom stereocenters. The minimum atomic E-state index is 0. The standard InChI is InChI=1S/C16H11Cl2N4O.Na/c1-10-2-3-12(17)9-14(10)22(23)16-20-7-5-13(21-16)11-4-6-19-15(18)8-11;/h2-9H,1H3;/q-1;+1. The molecule has 0 N–H and O–H groups in total. The second kappa shape index (κ2) is 8.25. The fraction of sp³-hybridized carbons (Fsp3) is 0.0625. The average Bonchev–Trinajstić information content (AvgIpc) is 2.56. The van der Waals surface area contributed by atoms with Gasteiger partial charge in [-0.25, -0.2) is 15.0 Å². The molecule has 0 saturated carbocycles. The number of hydrogen-bond donors (Lipinski definition) is 0. The first kappa shape index (κ1) is 19.1. The molecule has 0 aliphatic heterocycles. The molecule has 0 unspecified atom stereocenters. The Morgan fingerprint density at radius 2 is 1.75 bits per heavy atom. The number of halogens is 2. The van der Waals surface area contributed by atoms with Crippen LogP contribution in [0.5, 0.6) is 0 Å². The van der Waals surface area contributed by atoms with E-state index in [1.165, 1.54) is 6.20 Å². The van der Waals surface area contributed by atoms with Gasteiger partial charge in [0.2, 0.25) is 5.95 Å². The van der Waals surface area contributed by atoms with Crippen LogP contribution in [0.3, 0.4) is 0 Å². The summed E-state index contributed by atoms with van der Waals surface area (Å²) in [6.07, 6.45) is 3.10. The molecular weight excluding hydrogens is 358 g/mol. The number of benzene rings is 1. The minimum Gasteiger partial charge on any atom is -0.752 e. The van der Waals surface area contributed by atoms with E-state index in [-0.39, 0.29) is 35.5 Å². The normalized spacial score (nSPS) is 10.2. The van der Waals surface area contributed by atoms with Gasteiger partial charge in [0.15, 0.2) is 0 Å². The van der Waals surface area contributed by atoms with E-state index in [9.17, 15) is 5.21 Å². The van der Waals surface area contributed by atoms with Crippen molar-refractivity contribution in [3.05, 3.63) is 69.7 Å². The van der Waals surface area contributed by atoms with Crippen LogP contribution >= 0.6 is 23.2 Å². The summed E-state index contributed by atoms with van der Waals surface area (Å²) in [6, 6.07) is 10.2. The van der Waals surface area contributed by atoms with Gasteiger partial charge in [0.05, 0.1) is 5.69 Å². The van der Waals surface area contributed by atoms with Gasteiger partial charge in [-0.2, -0.15) is 0 Å². The van der Waals surface area contributed by atoms with Crippen LogP contribution in [0.4, 0.5) is 11.6 Å². The Balaban J connectivity index is 0.00000208. The fourth-order valence-corrected chi connectivity index (χ4v) is 2.42. The topological polar surface area (TPSA) is 65.0 Å². The van der Waals surface area contributed by atoms with Gasteiger partial charge in [0.25, 0.3) is 0 Å². The zero-order valence-corrected chi connectivity index (χ0v) is 16.6. The van der Waals surface area contributed by atoms with Crippen LogP contribution < -0.4 is 34.6 Å². The SMILES string of the molecule is Cc1ccc(Cl)cc1N([O-])c1nccc(-c2ccnc(Cl)c2)n1.[Na+]. The first-order chi connectivity index (χ1) is 11.0. The van der Waals surface area contributed by atoms with Crippen molar-refractivity contribution in [2.45, 2.75) is 6.92 Å². The van der Waals surface area contributed by atoms with E-state index in [4.69, 9.17) is 23.2 Å². The number of hydrogen-bond acceptors (Lipinski definition) is 5. The molecule has 8 heteroatoms. The van der Waals surface area contributed by atoms with Crippen LogP contribution in [0.15, 0.2) is 48.8 Å². The summed E-state index contributed by atoms with van der Waals surface area (Å²) >= 11 is 11.9. The molecular formula is C16H11Cl2N4NaO. The summed E-state index contributed by atoms with van der Waals surface area (Å²) in [5, 5.41) is 14.1. The fourth-order valence-electron chi connectivity index (χ4n) is 2.08. The molecule has 0 spiro atoms. The second-order valence-electron chi connectivity index (χ2n) is 4.83. The summed E-state index contributed by atoms with van der Waals surface area (Å²) in [4.78, 5) is 12.3. The van der Waals surface area contributed by atoms with Crippen LogP contribution in [-0.2, 0) is 0 Å². The number of anilines is 2. The van der Waals surface area contributed by atoms with Gasteiger partial charge in [-0.1, -0.05) is 29.3 Å². The molecule has 3 rings (SSSR count). The van der Waals surface area contributed by atoms with Gasteiger partial charge in [0.1, 0.15) is 5.15 Å². The van der Waals surface area contributed by atoms with Crippen molar-refractivity contribution in [1.29, 1.82) is 0 Å². The van der Waals surface area contributed by atoms with Crippen molar-refractivity contribution in [2.24, 2.45) is 0 Å².